The molecule has 0 aliphatic rings. The number of benzene rings is 1. The summed E-state index contributed by atoms with van der Waals surface area (Å²) in [7, 11) is 0. The largest absolute Gasteiger partial charge is 0.352 e. The fraction of sp³-hybridized carbons (Fsp3) is 0.222. The monoisotopic (exact) mass is 372 g/mol. The molecule has 2 heterocycles. The van der Waals surface area contributed by atoms with E-state index >= 15 is 0 Å². The number of carbonyl (C=O) groups is 1. The minimum Gasteiger partial charge on any atom is -0.352 e. The fourth-order valence-electron chi connectivity index (χ4n) is 2.40. The van der Waals surface area contributed by atoms with Gasteiger partial charge in [0.2, 0.25) is 11.7 Å². The summed E-state index contributed by atoms with van der Waals surface area (Å²) in [5.74, 6) is 0.203. The molecule has 26 heavy (non-hydrogen) atoms. The van der Waals surface area contributed by atoms with E-state index in [0.29, 0.717) is 10.8 Å². The first-order chi connectivity index (χ1) is 12.4. The van der Waals surface area contributed by atoms with E-state index in [1.807, 2.05) is 13.8 Å². The first-order valence-electron chi connectivity index (χ1n) is 8.03. The molecule has 7 nitrogen and oxygen atoms in total. The topological polar surface area (TPSA) is 90.0 Å². The average molecular weight is 373 g/mol. The zero-order valence-electron chi connectivity index (χ0n) is 14.3. The zero-order valence-corrected chi connectivity index (χ0v) is 15.0. The predicted octanol–water partition coefficient (Wildman–Crippen LogP) is 2.74. The van der Waals surface area contributed by atoms with Gasteiger partial charge in [-0.15, -0.1) is 0 Å². The molecule has 0 unspecified atom stereocenters. The highest BCUT2D eigenvalue weighted by molar-refractivity contribution is 6.30. The number of pyridine rings is 1. The summed E-state index contributed by atoms with van der Waals surface area (Å²) in [4.78, 5) is 28.8. The van der Waals surface area contributed by atoms with Crippen molar-refractivity contribution < 1.29 is 9.32 Å². The normalized spacial score (nSPS) is 10.9. The third-order valence-corrected chi connectivity index (χ3v) is 3.79. The molecular formula is C18H17ClN4O3. The molecule has 0 atom stereocenters. The highest BCUT2D eigenvalue weighted by atomic mass is 35.5. The smallest absolute Gasteiger partial charge is 0.263 e. The highest BCUT2D eigenvalue weighted by Crippen LogP contribution is 2.21. The van der Waals surface area contributed by atoms with Gasteiger partial charge in [0.25, 0.3) is 11.4 Å². The molecule has 2 aromatic heterocycles. The van der Waals surface area contributed by atoms with Gasteiger partial charge in [-0.1, -0.05) is 16.8 Å². The molecule has 8 heteroatoms. The lowest BCUT2D eigenvalue weighted by Gasteiger charge is -2.10. The van der Waals surface area contributed by atoms with Gasteiger partial charge in [-0.25, -0.2) is 0 Å². The molecule has 1 amide bonds. The van der Waals surface area contributed by atoms with E-state index < -0.39 is 0 Å². The quantitative estimate of drug-likeness (QED) is 0.743. The molecule has 0 radical (unpaired) electrons. The van der Waals surface area contributed by atoms with Gasteiger partial charge in [0.15, 0.2) is 0 Å². The maximum absolute atomic E-state index is 12.6. The lowest BCUT2D eigenvalue weighted by molar-refractivity contribution is -0.122. The van der Waals surface area contributed by atoms with Crippen LogP contribution in [0.25, 0.3) is 22.8 Å². The minimum absolute atomic E-state index is 0.000686. The van der Waals surface area contributed by atoms with Crippen molar-refractivity contribution in [3.8, 4) is 22.8 Å². The molecular weight excluding hydrogens is 356 g/mol. The maximum atomic E-state index is 12.6. The van der Waals surface area contributed by atoms with Crippen molar-refractivity contribution in [3.63, 3.8) is 0 Å². The van der Waals surface area contributed by atoms with Gasteiger partial charge >= 0.3 is 0 Å². The molecule has 0 bridgehead atoms. The van der Waals surface area contributed by atoms with Gasteiger partial charge < -0.3 is 14.4 Å². The van der Waals surface area contributed by atoms with E-state index in [-0.39, 0.29) is 35.5 Å². The number of rotatable bonds is 5. The molecule has 0 saturated heterocycles. The average Bonchev–Trinajstić information content (AvgIpc) is 3.06. The summed E-state index contributed by atoms with van der Waals surface area (Å²) < 4.78 is 6.54. The Hall–Kier alpha value is -2.93. The molecule has 0 fully saturated rings. The van der Waals surface area contributed by atoms with Gasteiger partial charge in [-0.2, -0.15) is 4.98 Å². The second-order valence-corrected chi connectivity index (χ2v) is 6.44. The second-order valence-electron chi connectivity index (χ2n) is 6.01. The summed E-state index contributed by atoms with van der Waals surface area (Å²) >= 11 is 5.87. The van der Waals surface area contributed by atoms with Crippen molar-refractivity contribution in [2.45, 2.75) is 26.4 Å². The Balaban J connectivity index is 1.88. The molecule has 0 spiro atoms. The Bertz CT molecular complexity index is 977. The molecule has 1 N–H and O–H groups in total. The number of nitrogens with one attached hydrogen (secondary N) is 1. The zero-order chi connectivity index (χ0) is 18.7. The number of hydrogen-bond acceptors (Lipinski definition) is 5. The van der Waals surface area contributed by atoms with E-state index in [4.69, 9.17) is 16.1 Å². The maximum Gasteiger partial charge on any atom is 0.263 e. The summed E-state index contributed by atoms with van der Waals surface area (Å²) in [5.41, 5.74) is 0.576. The standard InChI is InChI=1S/C18H17ClN4O3/c1-11(2)20-15(24)10-23-9-3-4-14(18(23)25)17-21-16(22-26-17)12-5-7-13(19)8-6-12/h3-9,11H,10H2,1-2H3,(H,20,24). The van der Waals surface area contributed by atoms with Crippen LogP contribution in [0.5, 0.6) is 0 Å². The van der Waals surface area contributed by atoms with E-state index in [1.54, 1.807) is 42.6 Å². The number of carbonyl (C=O) groups excluding carboxylic acids is 1. The number of hydrogen-bond donors (Lipinski definition) is 1. The van der Waals surface area contributed by atoms with Crippen molar-refractivity contribution in [2.75, 3.05) is 0 Å². The van der Waals surface area contributed by atoms with Crippen LogP contribution in [0.2, 0.25) is 5.02 Å². The van der Waals surface area contributed by atoms with Crippen LogP contribution >= 0.6 is 11.6 Å². The third-order valence-electron chi connectivity index (χ3n) is 3.54. The van der Waals surface area contributed by atoms with E-state index in [2.05, 4.69) is 15.5 Å². The van der Waals surface area contributed by atoms with Crippen LogP contribution in [-0.2, 0) is 11.3 Å². The third kappa shape index (κ3) is 4.00. The molecule has 134 valence electrons. The van der Waals surface area contributed by atoms with Gasteiger partial charge in [0, 0.05) is 22.8 Å². The van der Waals surface area contributed by atoms with Crippen molar-refractivity contribution in [1.29, 1.82) is 0 Å². The SMILES string of the molecule is CC(C)NC(=O)Cn1cccc(-c2nc(-c3ccc(Cl)cc3)no2)c1=O. The summed E-state index contributed by atoms with van der Waals surface area (Å²) in [5, 5.41) is 7.25. The number of aromatic nitrogens is 3. The molecule has 3 rings (SSSR count). The van der Waals surface area contributed by atoms with E-state index in [9.17, 15) is 9.59 Å². The van der Waals surface area contributed by atoms with Crippen LogP contribution in [0.3, 0.4) is 0 Å². The Morgan fingerprint density at radius 1 is 1.27 bits per heavy atom. The Morgan fingerprint density at radius 2 is 2.00 bits per heavy atom. The molecule has 0 aliphatic heterocycles. The van der Waals surface area contributed by atoms with Crippen LogP contribution in [0.4, 0.5) is 0 Å². The molecule has 1 aromatic carbocycles. The minimum atomic E-state index is -0.377. The van der Waals surface area contributed by atoms with E-state index in [0.717, 1.165) is 5.56 Å². The van der Waals surface area contributed by atoms with Crippen molar-refractivity contribution in [2.24, 2.45) is 0 Å². The molecule has 0 saturated carbocycles. The Kier molecular flexibility index (Phi) is 5.18. The van der Waals surface area contributed by atoms with Crippen molar-refractivity contribution in [3.05, 3.63) is 58.0 Å². The first-order valence-corrected chi connectivity index (χ1v) is 8.40. The fourth-order valence-corrected chi connectivity index (χ4v) is 2.52. The Labute approximate surface area is 154 Å². The Morgan fingerprint density at radius 3 is 2.69 bits per heavy atom. The van der Waals surface area contributed by atoms with Gasteiger partial charge in [-0.05, 0) is 50.2 Å². The van der Waals surface area contributed by atoms with Crippen LogP contribution < -0.4 is 10.9 Å². The van der Waals surface area contributed by atoms with Crippen LogP contribution in [-0.4, -0.2) is 26.7 Å². The van der Waals surface area contributed by atoms with Crippen LogP contribution in [0.15, 0.2) is 51.9 Å². The number of halogens is 1. The van der Waals surface area contributed by atoms with Gasteiger partial charge in [0.1, 0.15) is 12.1 Å². The van der Waals surface area contributed by atoms with Crippen molar-refractivity contribution in [1.82, 2.24) is 20.0 Å². The van der Waals surface area contributed by atoms with Crippen LogP contribution in [0.1, 0.15) is 13.8 Å². The first kappa shape index (κ1) is 17.9. The predicted molar refractivity (Wildman–Crippen MR) is 97.7 cm³/mol. The van der Waals surface area contributed by atoms with Crippen molar-refractivity contribution >= 4 is 17.5 Å². The number of nitrogens with zero attached hydrogens (tertiary/aromatic N) is 3. The van der Waals surface area contributed by atoms with E-state index in [1.165, 1.54) is 4.57 Å². The number of amides is 1. The lowest BCUT2D eigenvalue weighted by Crippen LogP contribution is -2.36. The summed E-state index contributed by atoms with van der Waals surface area (Å²) in [6.45, 7) is 3.63. The summed E-state index contributed by atoms with van der Waals surface area (Å²) in [6, 6.07) is 10.2. The van der Waals surface area contributed by atoms with Gasteiger partial charge in [-0.3, -0.25) is 9.59 Å². The highest BCUT2D eigenvalue weighted by Gasteiger charge is 2.16. The summed E-state index contributed by atoms with van der Waals surface area (Å²) in [6.07, 6.45) is 1.54. The van der Waals surface area contributed by atoms with Gasteiger partial charge in [0.05, 0.1) is 0 Å². The second kappa shape index (κ2) is 7.53. The molecule has 0 aliphatic carbocycles. The lowest BCUT2D eigenvalue weighted by atomic mass is 10.2. The molecule has 3 aromatic rings. The van der Waals surface area contributed by atoms with Crippen LogP contribution in [0, 0.1) is 0 Å².